The summed E-state index contributed by atoms with van der Waals surface area (Å²) in [5.74, 6) is -1.04. The Morgan fingerprint density at radius 3 is 2.65 bits per heavy atom. The number of hydrogen-bond acceptors (Lipinski definition) is 2. The zero-order valence-corrected chi connectivity index (χ0v) is 9.62. The number of carbonyl (C=O) groups excluding carboxylic acids is 1. The number of aromatic amines is 1. The van der Waals surface area contributed by atoms with Crippen molar-refractivity contribution in [3.63, 3.8) is 0 Å². The van der Waals surface area contributed by atoms with Crippen molar-refractivity contribution in [3.8, 4) is 0 Å². The first-order valence-corrected chi connectivity index (χ1v) is 5.57. The predicted molar refractivity (Wildman–Crippen MR) is 62.3 cm³/mol. The lowest BCUT2D eigenvalue weighted by Crippen LogP contribution is -2.32. The minimum Gasteiger partial charge on any atom is -0.478 e. The summed E-state index contributed by atoms with van der Waals surface area (Å²) in [7, 11) is 0. The maximum absolute atomic E-state index is 11.8. The molecule has 1 fully saturated rings. The summed E-state index contributed by atoms with van der Waals surface area (Å²) in [5, 5.41) is 11.7. The number of amides is 2. The molecule has 0 saturated carbocycles. The Kier molecular flexibility index (Phi) is 3.03. The molecule has 1 saturated heterocycles. The smallest absolute Gasteiger partial charge is 0.339 e. The zero-order chi connectivity index (χ0) is 12.4. The standard InChI is InChI=1S/C11H15N3O3/c1-7-9(10(15)16)8(6-12-7)13-11(17)14-4-2-3-5-14/h6,12H,2-5H2,1H3,(H,13,17)(H,15,16). The van der Waals surface area contributed by atoms with E-state index in [2.05, 4.69) is 10.3 Å². The molecule has 3 N–H and O–H groups in total. The third kappa shape index (κ3) is 2.25. The van der Waals surface area contributed by atoms with Crippen LogP contribution in [-0.2, 0) is 0 Å². The lowest BCUT2D eigenvalue weighted by Gasteiger charge is -2.15. The summed E-state index contributed by atoms with van der Waals surface area (Å²) in [6.45, 7) is 3.13. The number of carbonyl (C=O) groups is 2. The van der Waals surface area contributed by atoms with Crippen molar-refractivity contribution < 1.29 is 14.7 Å². The minimum absolute atomic E-state index is 0.123. The number of rotatable bonds is 2. The summed E-state index contributed by atoms with van der Waals surface area (Å²) in [4.78, 5) is 27.3. The van der Waals surface area contributed by atoms with E-state index in [-0.39, 0.29) is 11.6 Å². The normalized spacial score (nSPS) is 15.0. The first-order chi connectivity index (χ1) is 8.09. The van der Waals surface area contributed by atoms with Crippen LogP contribution in [0.2, 0.25) is 0 Å². The van der Waals surface area contributed by atoms with Crippen molar-refractivity contribution >= 4 is 17.7 Å². The summed E-state index contributed by atoms with van der Waals surface area (Å²) in [6.07, 6.45) is 3.52. The van der Waals surface area contributed by atoms with E-state index in [9.17, 15) is 9.59 Å². The van der Waals surface area contributed by atoms with Crippen LogP contribution < -0.4 is 5.32 Å². The van der Waals surface area contributed by atoms with Gasteiger partial charge in [0.1, 0.15) is 5.56 Å². The molecular formula is C11H15N3O3. The van der Waals surface area contributed by atoms with E-state index >= 15 is 0 Å². The molecule has 2 heterocycles. The van der Waals surface area contributed by atoms with Gasteiger partial charge in [-0.05, 0) is 19.8 Å². The zero-order valence-electron chi connectivity index (χ0n) is 9.62. The molecule has 0 radical (unpaired) electrons. The summed E-state index contributed by atoms with van der Waals surface area (Å²) in [6, 6.07) is -0.232. The van der Waals surface area contributed by atoms with Gasteiger partial charge in [-0.1, -0.05) is 0 Å². The average molecular weight is 237 g/mol. The van der Waals surface area contributed by atoms with Crippen LogP contribution in [0.4, 0.5) is 10.5 Å². The van der Waals surface area contributed by atoms with E-state index < -0.39 is 5.97 Å². The number of likely N-dealkylation sites (tertiary alicyclic amines) is 1. The second-order valence-electron chi connectivity index (χ2n) is 4.13. The minimum atomic E-state index is -1.04. The SMILES string of the molecule is Cc1[nH]cc(NC(=O)N2CCCC2)c1C(=O)O. The highest BCUT2D eigenvalue weighted by Crippen LogP contribution is 2.20. The van der Waals surface area contributed by atoms with Gasteiger partial charge < -0.3 is 20.3 Å². The predicted octanol–water partition coefficient (Wildman–Crippen LogP) is 1.65. The number of anilines is 1. The maximum atomic E-state index is 11.8. The summed E-state index contributed by atoms with van der Waals surface area (Å²) in [5.41, 5.74) is 0.985. The quantitative estimate of drug-likeness (QED) is 0.731. The molecular weight excluding hydrogens is 222 g/mol. The molecule has 92 valence electrons. The van der Waals surface area contributed by atoms with E-state index in [0.29, 0.717) is 11.4 Å². The first-order valence-electron chi connectivity index (χ1n) is 5.57. The Hall–Kier alpha value is -1.98. The molecule has 0 unspecified atom stereocenters. The molecule has 0 bridgehead atoms. The third-order valence-electron chi connectivity index (χ3n) is 2.93. The Morgan fingerprint density at radius 2 is 2.06 bits per heavy atom. The molecule has 17 heavy (non-hydrogen) atoms. The highest BCUT2D eigenvalue weighted by atomic mass is 16.4. The number of nitrogens with one attached hydrogen (secondary N) is 2. The van der Waals surface area contributed by atoms with Gasteiger partial charge in [0.15, 0.2) is 0 Å². The lowest BCUT2D eigenvalue weighted by molar-refractivity contribution is 0.0697. The van der Waals surface area contributed by atoms with Crippen LogP contribution >= 0.6 is 0 Å². The second-order valence-corrected chi connectivity index (χ2v) is 4.13. The molecule has 1 aromatic heterocycles. The van der Waals surface area contributed by atoms with Crippen molar-refractivity contribution in [1.29, 1.82) is 0 Å². The van der Waals surface area contributed by atoms with Crippen LogP contribution in [0.5, 0.6) is 0 Å². The molecule has 0 atom stereocenters. The fraction of sp³-hybridized carbons (Fsp3) is 0.455. The van der Waals surface area contributed by atoms with E-state index in [1.54, 1.807) is 11.8 Å². The number of urea groups is 1. The number of aryl methyl sites for hydroxylation is 1. The van der Waals surface area contributed by atoms with Gasteiger partial charge in [-0.15, -0.1) is 0 Å². The largest absolute Gasteiger partial charge is 0.478 e. The topological polar surface area (TPSA) is 85.4 Å². The van der Waals surface area contributed by atoms with Gasteiger partial charge in [0.05, 0.1) is 5.69 Å². The molecule has 6 heteroatoms. The van der Waals surface area contributed by atoms with E-state index in [1.807, 2.05) is 0 Å². The van der Waals surface area contributed by atoms with Crippen LogP contribution in [0, 0.1) is 6.92 Å². The molecule has 0 aliphatic carbocycles. The van der Waals surface area contributed by atoms with Crippen molar-refractivity contribution in [2.75, 3.05) is 18.4 Å². The first kappa shape index (κ1) is 11.5. The fourth-order valence-electron chi connectivity index (χ4n) is 2.02. The van der Waals surface area contributed by atoms with Crippen LogP contribution in [0.25, 0.3) is 0 Å². The number of aromatic carboxylic acids is 1. The van der Waals surface area contributed by atoms with Gasteiger partial charge in [-0.3, -0.25) is 0 Å². The summed E-state index contributed by atoms with van der Waals surface area (Å²) < 4.78 is 0. The van der Waals surface area contributed by atoms with Gasteiger partial charge in [-0.25, -0.2) is 9.59 Å². The van der Waals surface area contributed by atoms with Crippen LogP contribution in [0.15, 0.2) is 6.20 Å². The third-order valence-corrected chi connectivity index (χ3v) is 2.93. The highest BCUT2D eigenvalue weighted by Gasteiger charge is 2.21. The maximum Gasteiger partial charge on any atom is 0.339 e. The van der Waals surface area contributed by atoms with Crippen molar-refractivity contribution in [3.05, 3.63) is 17.5 Å². The molecule has 2 amide bonds. The Labute approximate surface area is 98.6 Å². The van der Waals surface area contributed by atoms with Crippen molar-refractivity contribution in [2.45, 2.75) is 19.8 Å². The van der Waals surface area contributed by atoms with Crippen LogP contribution in [0.3, 0.4) is 0 Å². The number of H-pyrrole nitrogens is 1. The number of aromatic nitrogens is 1. The Morgan fingerprint density at radius 1 is 1.41 bits per heavy atom. The molecule has 0 aromatic carbocycles. The van der Waals surface area contributed by atoms with Crippen molar-refractivity contribution in [1.82, 2.24) is 9.88 Å². The highest BCUT2D eigenvalue weighted by molar-refractivity contribution is 6.01. The number of carboxylic acid groups (broad SMARTS) is 1. The average Bonchev–Trinajstić information content (AvgIpc) is 2.87. The van der Waals surface area contributed by atoms with E-state index in [1.165, 1.54) is 6.20 Å². The van der Waals surface area contributed by atoms with Crippen LogP contribution in [0.1, 0.15) is 28.9 Å². The molecule has 6 nitrogen and oxygen atoms in total. The van der Waals surface area contributed by atoms with E-state index in [0.717, 1.165) is 25.9 Å². The lowest BCUT2D eigenvalue weighted by atomic mass is 10.2. The van der Waals surface area contributed by atoms with Gasteiger partial charge in [0, 0.05) is 25.0 Å². The van der Waals surface area contributed by atoms with Gasteiger partial charge >= 0.3 is 12.0 Å². The number of nitrogens with zero attached hydrogens (tertiary/aromatic N) is 1. The monoisotopic (exact) mass is 237 g/mol. The molecule has 0 spiro atoms. The Bertz CT molecular complexity index is 447. The van der Waals surface area contributed by atoms with Crippen molar-refractivity contribution in [2.24, 2.45) is 0 Å². The van der Waals surface area contributed by atoms with Gasteiger partial charge in [0.25, 0.3) is 0 Å². The van der Waals surface area contributed by atoms with Crippen LogP contribution in [-0.4, -0.2) is 40.1 Å². The molecule has 1 aliphatic heterocycles. The molecule has 2 rings (SSSR count). The Balaban J connectivity index is 2.13. The molecule has 1 aromatic rings. The van der Waals surface area contributed by atoms with Gasteiger partial charge in [-0.2, -0.15) is 0 Å². The number of carboxylic acids is 1. The molecule has 1 aliphatic rings. The number of hydrogen-bond donors (Lipinski definition) is 3. The van der Waals surface area contributed by atoms with Gasteiger partial charge in [0.2, 0.25) is 0 Å². The second kappa shape index (κ2) is 4.48. The fourth-order valence-corrected chi connectivity index (χ4v) is 2.02. The van der Waals surface area contributed by atoms with E-state index in [4.69, 9.17) is 5.11 Å². The summed E-state index contributed by atoms with van der Waals surface area (Å²) >= 11 is 0.